The Bertz CT molecular complexity index is 300. The van der Waals surface area contributed by atoms with Crippen molar-refractivity contribution in [1.82, 2.24) is 14.5 Å². The Balaban J connectivity index is 2.56. The first-order valence-electron chi connectivity index (χ1n) is 5.61. The third-order valence-corrected chi connectivity index (χ3v) is 2.73. The van der Waals surface area contributed by atoms with Crippen LogP contribution in [0.15, 0.2) is 12.4 Å². The molecule has 0 amide bonds. The quantitative estimate of drug-likeness (QED) is 0.750. The summed E-state index contributed by atoms with van der Waals surface area (Å²) in [5, 5.41) is 3.06. The molecule has 92 valence electrons. The van der Waals surface area contributed by atoms with Gasteiger partial charge in [0.2, 0.25) is 5.95 Å². The predicted molar refractivity (Wildman–Crippen MR) is 65.7 cm³/mol. The second-order valence-corrected chi connectivity index (χ2v) is 3.87. The van der Waals surface area contributed by atoms with E-state index in [1.165, 1.54) is 0 Å². The number of aromatic nitrogens is 2. The zero-order valence-corrected chi connectivity index (χ0v) is 10.6. The first-order valence-corrected chi connectivity index (χ1v) is 5.61. The molecule has 1 atom stereocenters. The molecule has 1 aromatic heterocycles. The van der Waals surface area contributed by atoms with E-state index < -0.39 is 0 Å². The van der Waals surface area contributed by atoms with Crippen LogP contribution >= 0.6 is 0 Å². The fourth-order valence-corrected chi connectivity index (χ4v) is 1.59. The van der Waals surface area contributed by atoms with E-state index in [9.17, 15) is 0 Å². The molecule has 0 saturated carbocycles. The Labute approximate surface area is 97.4 Å². The number of rotatable bonds is 7. The fourth-order valence-electron chi connectivity index (χ4n) is 1.59. The van der Waals surface area contributed by atoms with Gasteiger partial charge in [0.15, 0.2) is 0 Å². The van der Waals surface area contributed by atoms with Crippen LogP contribution in [0.3, 0.4) is 0 Å². The number of ether oxygens (including phenoxy) is 1. The van der Waals surface area contributed by atoms with Crippen LogP contribution in [0.5, 0.6) is 0 Å². The number of nitrogens with zero attached hydrogens (tertiary/aromatic N) is 3. The second kappa shape index (κ2) is 6.50. The zero-order chi connectivity index (χ0) is 12.0. The van der Waals surface area contributed by atoms with Crippen LogP contribution in [-0.2, 0) is 11.3 Å². The predicted octanol–water partition coefficient (Wildman–Crippen LogP) is 0.891. The smallest absolute Gasteiger partial charge is 0.202 e. The van der Waals surface area contributed by atoms with Crippen molar-refractivity contribution in [2.75, 3.05) is 39.6 Å². The molecular formula is C11H22N4O. The van der Waals surface area contributed by atoms with Crippen molar-refractivity contribution < 1.29 is 4.74 Å². The molecule has 5 nitrogen and oxygen atoms in total. The SMILES string of the molecule is CCN(C)CC(Cn1ccnc1NC)OC. The topological polar surface area (TPSA) is 42.3 Å². The molecule has 0 aliphatic carbocycles. The van der Waals surface area contributed by atoms with Crippen molar-refractivity contribution in [3.05, 3.63) is 12.4 Å². The third-order valence-electron chi connectivity index (χ3n) is 2.73. The minimum atomic E-state index is 0.186. The van der Waals surface area contributed by atoms with Crippen molar-refractivity contribution in [3.63, 3.8) is 0 Å². The lowest BCUT2D eigenvalue weighted by Crippen LogP contribution is -2.33. The summed E-state index contributed by atoms with van der Waals surface area (Å²) in [5.41, 5.74) is 0. The van der Waals surface area contributed by atoms with Gasteiger partial charge in [-0.2, -0.15) is 0 Å². The summed E-state index contributed by atoms with van der Waals surface area (Å²) in [6, 6.07) is 0. The second-order valence-electron chi connectivity index (χ2n) is 3.87. The van der Waals surface area contributed by atoms with Gasteiger partial charge in [-0.25, -0.2) is 4.98 Å². The highest BCUT2D eigenvalue weighted by Gasteiger charge is 2.12. The lowest BCUT2D eigenvalue weighted by Gasteiger charge is -2.22. The van der Waals surface area contributed by atoms with Gasteiger partial charge in [0, 0.05) is 33.1 Å². The van der Waals surface area contributed by atoms with Crippen LogP contribution in [0.1, 0.15) is 6.92 Å². The average molecular weight is 226 g/mol. The third kappa shape index (κ3) is 3.50. The summed E-state index contributed by atoms with van der Waals surface area (Å²) in [4.78, 5) is 6.44. The fraction of sp³-hybridized carbons (Fsp3) is 0.727. The molecule has 0 spiro atoms. The van der Waals surface area contributed by atoms with Gasteiger partial charge in [0.25, 0.3) is 0 Å². The normalized spacial score (nSPS) is 13.1. The monoisotopic (exact) mass is 226 g/mol. The molecule has 16 heavy (non-hydrogen) atoms. The Morgan fingerprint density at radius 2 is 2.38 bits per heavy atom. The Kier molecular flexibility index (Phi) is 5.28. The summed E-state index contributed by atoms with van der Waals surface area (Å²) in [5.74, 6) is 0.876. The van der Waals surface area contributed by atoms with E-state index in [1.807, 2.05) is 13.2 Å². The van der Waals surface area contributed by atoms with Gasteiger partial charge in [0.05, 0.1) is 12.6 Å². The van der Waals surface area contributed by atoms with Crippen molar-refractivity contribution in [1.29, 1.82) is 0 Å². The summed E-state index contributed by atoms with van der Waals surface area (Å²) >= 11 is 0. The highest BCUT2D eigenvalue weighted by Crippen LogP contribution is 2.06. The van der Waals surface area contributed by atoms with E-state index in [-0.39, 0.29) is 6.10 Å². The largest absolute Gasteiger partial charge is 0.378 e. The van der Waals surface area contributed by atoms with E-state index >= 15 is 0 Å². The van der Waals surface area contributed by atoms with Crippen LogP contribution in [-0.4, -0.2) is 54.8 Å². The van der Waals surface area contributed by atoms with Crippen LogP contribution in [0.4, 0.5) is 5.95 Å². The minimum absolute atomic E-state index is 0.186. The first kappa shape index (κ1) is 13.0. The van der Waals surface area contributed by atoms with E-state index in [0.29, 0.717) is 0 Å². The molecule has 0 aliphatic heterocycles. The Hall–Kier alpha value is -1.07. The Morgan fingerprint density at radius 1 is 1.62 bits per heavy atom. The maximum Gasteiger partial charge on any atom is 0.202 e. The maximum atomic E-state index is 5.48. The molecule has 0 aromatic carbocycles. The number of likely N-dealkylation sites (N-methyl/N-ethyl adjacent to an activating group) is 1. The first-order chi connectivity index (χ1) is 7.71. The number of hydrogen-bond donors (Lipinski definition) is 1. The van der Waals surface area contributed by atoms with Crippen LogP contribution in [0, 0.1) is 0 Å². The maximum absolute atomic E-state index is 5.48. The lowest BCUT2D eigenvalue weighted by atomic mass is 10.3. The molecule has 0 radical (unpaired) electrons. The van der Waals surface area contributed by atoms with E-state index in [2.05, 4.69) is 33.7 Å². The van der Waals surface area contributed by atoms with Gasteiger partial charge in [-0.15, -0.1) is 0 Å². The molecule has 0 saturated heterocycles. The molecule has 0 bridgehead atoms. The summed E-state index contributed by atoms with van der Waals surface area (Å²) < 4.78 is 7.54. The molecule has 1 unspecified atom stereocenters. The standard InChI is InChI=1S/C11H22N4O/c1-5-14(3)8-10(16-4)9-15-7-6-13-11(15)12-2/h6-7,10H,5,8-9H2,1-4H3,(H,12,13). The molecule has 1 N–H and O–H groups in total. The average Bonchev–Trinajstić information content (AvgIpc) is 2.75. The molecule has 0 fully saturated rings. The van der Waals surface area contributed by atoms with Gasteiger partial charge in [-0.1, -0.05) is 6.92 Å². The van der Waals surface area contributed by atoms with Gasteiger partial charge in [-0.05, 0) is 13.6 Å². The zero-order valence-electron chi connectivity index (χ0n) is 10.6. The molecular weight excluding hydrogens is 204 g/mol. The van der Waals surface area contributed by atoms with E-state index in [0.717, 1.165) is 25.6 Å². The molecule has 1 aromatic rings. The highest BCUT2D eigenvalue weighted by atomic mass is 16.5. The highest BCUT2D eigenvalue weighted by molar-refractivity contribution is 5.24. The van der Waals surface area contributed by atoms with Crippen LogP contribution in [0.2, 0.25) is 0 Å². The molecule has 0 aliphatic rings. The van der Waals surface area contributed by atoms with Gasteiger partial charge >= 0.3 is 0 Å². The van der Waals surface area contributed by atoms with Crippen molar-refractivity contribution in [2.45, 2.75) is 19.6 Å². The number of nitrogens with one attached hydrogen (secondary N) is 1. The van der Waals surface area contributed by atoms with E-state index in [4.69, 9.17) is 4.74 Å². The summed E-state index contributed by atoms with van der Waals surface area (Å²) in [6.45, 7) is 4.91. The number of imidazole rings is 1. The number of hydrogen-bond acceptors (Lipinski definition) is 4. The summed E-state index contributed by atoms with van der Waals surface area (Å²) in [6.07, 6.45) is 3.94. The molecule has 1 heterocycles. The van der Waals surface area contributed by atoms with Crippen molar-refractivity contribution in [2.24, 2.45) is 0 Å². The number of anilines is 1. The van der Waals surface area contributed by atoms with Gasteiger partial charge in [-0.3, -0.25) is 0 Å². The van der Waals surface area contributed by atoms with Crippen LogP contribution in [0.25, 0.3) is 0 Å². The minimum Gasteiger partial charge on any atom is -0.378 e. The Morgan fingerprint density at radius 3 is 2.94 bits per heavy atom. The molecule has 1 rings (SSSR count). The lowest BCUT2D eigenvalue weighted by molar-refractivity contribution is 0.0607. The van der Waals surface area contributed by atoms with Gasteiger partial charge < -0.3 is 19.5 Å². The van der Waals surface area contributed by atoms with E-state index in [1.54, 1.807) is 13.3 Å². The van der Waals surface area contributed by atoms with Crippen molar-refractivity contribution in [3.8, 4) is 0 Å². The van der Waals surface area contributed by atoms with Gasteiger partial charge in [0.1, 0.15) is 0 Å². The molecule has 5 heteroatoms. The summed E-state index contributed by atoms with van der Waals surface area (Å²) in [7, 11) is 5.72. The van der Waals surface area contributed by atoms with Crippen LogP contribution < -0.4 is 5.32 Å². The van der Waals surface area contributed by atoms with Crippen molar-refractivity contribution >= 4 is 5.95 Å². The number of methoxy groups -OCH3 is 1.